The SMILES string of the molecule is C=CCC1CCC(C)[C@@H](O)C(=O)[N+]1(C(=O)O)C(C)(C)C. The summed E-state index contributed by atoms with van der Waals surface area (Å²) in [6.45, 7) is 10.7. The monoisotopic (exact) mass is 284 g/mol. The van der Waals surface area contributed by atoms with E-state index < -0.39 is 34.2 Å². The number of imide groups is 1. The Balaban J connectivity index is 3.53. The lowest BCUT2D eigenvalue weighted by atomic mass is 9.94. The molecule has 1 rings (SSSR count). The second kappa shape index (κ2) is 5.66. The van der Waals surface area contributed by atoms with Gasteiger partial charge in [0, 0.05) is 12.8 Å². The zero-order valence-electron chi connectivity index (χ0n) is 12.8. The zero-order valence-corrected chi connectivity index (χ0v) is 12.8. The van der Waals surface area contributed by atoms with Gasteiger partial charge in [0.05, 0.1) is 0 Å². The number of likely N-dealkylation sites (tertiary alicyclic amines) is 1. The van der Waals surface area contributed by atoms with Gasteiger partial charge in [-0.15, -0.1) is 6.58 Å². The predicted molar refractivity (Wildman–Crippen MR) is 76.1 cm³/mol. The van der Waals surface area contributed by atoms with Crippen molar-refractivity contribution in [3.05, 3.63) is 12.7 Å². The van der Waals surface area contributed by atoms with Gasteiger partial charge >= 0.3 is 12.0 Å². The Labute approximate surface area is 120 Å². The van der Waals surface area contributed by atoms with Crippen LogP contribution in [0.4, 0.5) is 4.79 Å². The summed E-state index contributed by atoms with van der Waals surface area (Å²) < 4.78 is -0.732. The van der Waals surface area contributed by atoms with E-state index in [2.05, 4.69) is 6.58 Å². The molecule has 0 bridgehead atoms. The highest BCUT2D eigenvalue weighted by Gasteiger charge is 2.62. The molecular formula is C15H26NO4+. The number of rotatable bonds is 2. The topological polar surface area (TPSA) is 74.6 Å². The third-order valence-electron chi connectivity index (χ3n) is 4.44. The lowest BCUT2D eigenvalue weighted by Crippen LogP contribution is -2.72. The van der Waals surface area contributed by atoms with Crippen LogP contribution in [0.15, 0.2) is 12.7 Å². The molecule has 1 heterocycles. The van der Waals surface area contributed by atoms with Gasteiger partial charge in [-0.25, -0.2) is 4.79 Å². The molecule has 1 aliphatic rings. The van der Waals surface area contributed by atoms with Crippen LogP contribution in [0.5, 0.6) is 0 Å². The van der Waals surface area contributed by atoms with Crippen molar-refractivity contribution in [1.29, 1.82) is 0 Å². The first-order chi connectivity index (χ1) is 9.10. The first-order valence-corrected chi connectivity index (χ1v) is 7.06. The molecular weight excluding hydrogens is 258 g/mol. The molecule has 114 valence electrons. The van der Waals surface area contributed by atoms with Gasteiger partial charge in [-0.05, 0) is 33.1 Å². The Morgan fingerprint density at radius 3 is 2.40 bits per heavy atom. The second-order valence-corrected chi connectivity index (χ2v) is 6.69. The maximum Gasteiger partial charge on any atom is 0.521 e. The van der Waals surface area contributed by atoms with Crippen molar-refractivity contribution >= 4 is 12.0 Å². The van der Waals surface area contributed by atoms with E-state index in [1.54, 1.807) is 33.8 Å². The van der Waals surface area contributed by atoms with Gasteiger partial charge in [0.15, 0.2) is 6.10 Å². The molecule has 3 unspecified atom stereocenters. The third kappa shape index (κ3) is 2.40. The molecule has 0 spiro atoms. The Bertz CT molecular complexity index is 413. The van der Waals surface area contributed by atoms with Crippen molar-refractivity contribution in [3.63, 3.8) is 0 Å². The number of amides is 2. The Morgan fingerprint density at radius 2 is 2.00 bits per heavy atom. The van der Waals surface area contributed by atoms with Gasteiger partial charge in [0.1, 0.15) is 11.6 Å². The summed E-state index contributed by atoms with van der Waals surface area (Å²) in [5, 5.41) is 20.0. The molecule has 1 saturated heterocycles. The third-order valence-corrected chi connectivity index (χ3v) is 4.44. The first kappa shape index (κ1) is 16.9. The summed E-state index contributed by atoms with van der Waals surface area (Å²) in [4.78, 5) is 24.8. The second-order valence-electron chi connectivity index (χ2n) is 6.69. The number of carboxylic acid groups (broad SMARTS) is 1. The number of nitrogens with zero attached hydrogens (tertiary/aromatic N) is 1. The average Bonchev–Trinajstić information content (AvgIpc) is 2.40. The minimum Gasteiger partial charge on any atom is -0.435 e. The van der Waals surface area contributed by atoms with E-state index in [0.29, 0.717) is 19.3 Å². The van der Waals surface area contributed by atoms with Gasteiger partial charge in [-0.3, -0.25) is 0 Å². The van der Waals surface area contributed by atoms with Gasteiger partial charge in [0.25, 0.3) is 0 Å². The van der Waals surface area contributed by atoms with E-state index in [4.69, 9.17) is 0 Å². The Hall–Kier alpha value is -1.20. The van der Waals surface area contributed by atoms with Crippen LogP contribution < -0.4 is 0 Å². The Kier molecular flexibility index (Phi) is 4.77. The number of aliphatic hydroxyl groups is 1. The van der Waals surface area contributed by atoms with Crippen molar-refractivity contribution in [2.75, 3.05) is 0 Å². The lowest BCUT2D eigenvalue weighted by molar-refractivity contribution is -0.857. The molecule has 4 atom stereocenters. The van der Waals surface area contributed by atoms with E-state index in [9.17, 15) is 19.8 Å². The fraction of sp³-hybridized carbons (Fsp3) is 0.733. The predicted octanol–water partition coefficient (Wildman–Crippen LogP) is 2.54. The van der Waals surface area contributed by atoms with Crippen molar-refractivity contribution in [1.82, 2.24) is 0 Å². The first-order valence-electron chi connectivity index (χ1n) is 7.06. The fourth-order valence-corrected chi connectivity index (χ4v) is 3.32. The normalized spacial score (nSPS) is 35.5. The van der Waals surface area contributed by atoms with Gasteiger partial charge < -0.3 is 10.2 Å². The summed E-state index contributed by atoms with van der Waals surface area (Å²) in [7, 11) is 0. The number of aliphatic hydroxyl groups excluding tert-OH is 1. The quantitative estimate of drug-likeness (QED) is 0.603. The van der Waals surface area contributed by atoms with E-state index in [0.717, 1.165) is 0 Å². The van der Waals surface area contributed by atoms with Gasteiger partial charge in [-0.1, -0.05) is 13.0 Å². The van der Waals surface area contributed by atoms with Crippen LogP contribution in [0.25, 0.3) is 0 Å². The van der Waals surface area contributed by atoms with Gasteiger partial charge in [-0.2, -0.15) is 9.28 Å². The zero-order chi connectivity index (χ0) is 15.7. The van der Waals surface area contributed by atoms with Gasteiger partial charge in [0.2, 0.25) is 0 Å². The van der Waals surface area contributed by atoms with E-state index in [1.165, 1.54) is 0 Å². The van der Waals surface area contributed by atoms with Crippen molar-refractivity contribution in [2.24, 2.45) is 5.92 Å². The summed E-state index contributed by atoms with van der Waals surface area (Å²) >= 11 is 0. The number of hydrogen-bond acceptors (Lipinski definition) is 3. The van der Waals surface area contributed by atoms with E-state index >= 15 is 0 Å². The molecule has 0 radical (unpaired) electrons. The smallest absolute Gasteiger partial charge is 0.435 e. The van der Waals surface area contributed by atoms with Crippen LogP contribution in [0.3, 0.4) is 0 Å². The lowest BCUT2D eigenvalue weighted by Gasteiger charge is -2.45. The Morgan fingerprint density at radius 1 is 1.45 bits per heavy atom. The van der Waals surface area contributed by atoms with Crippen LogP contribution >= 0.6 is 0 Å². The molecule has 5 heteroatoms. The maximum absolute atomic E-state index is 12.8. The highest BCUT2D eigenvalue weighted by atomic mass is 16.4. The largest absolute Gasteiger partial charge is 0.521 e. The van der Waals surface area contributed by atoms with Crippen molar-refractivity contribution in [2.45, 2.75) is 64.6 Å². The molecule has 1 aliphatic heterocycles. The van der Waals surface area contributed by atoms with E-state index in [1.807, 2.05) is 0 Å². The summed E-state index contributed by atoms with van der Waals surface area (Å²) in [5.74, 6) is -0.835. The minimum atomic E-state index is -1.24. The number of carbonyl (C=O) groups is 2. The molecule has 0 aromatic heterocycles. The van der Waals surface area contributed by atoms with Crippen LogP contribution in [0, 0.1) is 5.92 Å². The van der Waals surface area contributed by atoms with Crippen molar-refractivity contribution in [3.8, 4) is 0 Å². The average molecular weight is 284 g/mol. The van der Waals surface area contributed by atoms with Crippen LogP contribution in [0.1, 0.15) is 47.0 Å². The van der Waals surface area contributed by atoms with Crippen LogP contribution in [-0.4, -0.2) is 44.4 Å². The summed E-state index contributed by atoms with van der Waals surface area (Å²) in [6, 6.07) is -0.392. The number of carbonyl (C=O) groups excluding carboxylic acids is 1. The molecule has 2 N–H and O–H groups in total. The standard InChI is InChI=1S/C15H25NO4/c1-6-7-11-9-8-10(2)12(17)13(18)16(11,14(19)20)15(3,4)5/h6,10-12,17H,1,7-9H2,2-5H3/p+1/t10?,11?,12-,16?/m1/s1. The molecule has 1 fully saturated rings. The molecule has 0 aromatic rings. The molecule has 0 saturated carbocycles. The highest BCUT2D eigenvalue weighted by molar-refractivity contribution is 5.84. The molecule has 2 amide bonds. The fourth-order valence-electron chi connectivity index (χ4n) is 3.32. The van der Waals surface area contributed by atoms with Crippen molar-refractivity contribution < 1.29 is 24.3 Å². The summed E-state index contributed by atoms with van der Waals surface area (Å²) in [6.07, 6.45) is 0.882. The van der Waals surface area contributed by atoms with Crippen LogP contribution in [0.2, 0.25) is 0 Å². The molecule has 0 aliphatic carbocycles. The maximum atomic E-state index is 12.8. The number of hydrogen-bond donors (Lipinski definition) is 2. The van der Waals surface area contributed by atoms with Crippen LogP contribution in [-0.2, 0) is 4.79 Å². The summed E-state index contributed by atoms with van der Waals surface area (Å²) in [5.41, 5.74) is -0.832. The minimum absolute atomic E-state index is 0.225. The van der Waals surface area contributed by atoms with E-state index in [-0.39, 0.29) is 5.92 Å². The molecule has 0 aromatic carbocycles. The number of quaternary nitrogens is 1. The molecule has 5 nitrogen and oxygen atoms in total. The molecule has 20 heavy (non-hydrogen) atoms. The highest BCUT2D eigenvalue weighted by Crippen LogP contribution is 2.39.